The Morgan fingerprint density at radius 3 is 0.889 bits per heavy atom. The molecule has 6 nitrogen and oxygen atoms in total. The molecule has 0 N–H and O–H groups in total. The van der Waals surface area contributed by atoms with Gasteiger partial charge in [0.15, 0.2) is 0 Å². The van der Waals surface area contributed by atoms with Gasteiger partial charge >= 0.3 is 0 Å². The summed E-state index contributed by atoms with van der Waals surface area (Å²) in [5, 5.41) is 0. The van der Waals surface area contributed by atoms with Gasteiger partial charge in [0.25, 0.3) is 25.3 Å². The Bertz CT molecular complexity index is 960. The maximum absolute atomic E-state index is 6.71. The first-order valence-corrected chi connectivity index (χ1v) is 17.3. The van der Waals surface area contributed by atoms with Crippen LogP contribution in [0.25, 0.3) is 0 Å². The monoisotopic (exact) mass is 735 g/mol. The van der Waals surface area contributed by atoms with Crippen molar-refractivity contribution in [3.05, 3.63) is 86.2 Å². The summed E-state index contributed by atoms with van der Waals surface area (Å²) >= 11 is 10.6. The molecule has 12 heteroatoms. The lowest BCUT2D eigenvalue weighted by atomic mass is 10.3. The van der Waals surface area contributed by atoms with Crippen molar-refractivity contribution in [3.63, 3.8) is 0 Å². The van der Waals surface area contributed by atoms with E-state index in [2.05, 4.69) is 81.9 Å². The van der Waals surface area contributed by atoms with E-state index in [0.29, 0.717) is 0 Å². The van der Waals surface area contributed by atoms with Crippen LogP contribution in [0, 0.1) is 0 Å². The molecule has 0 saturated carbocycles. The molecular formula is C24H27Br3N3O3P3. The Morgan fingerprint density at radius 2 is 0.694 bits per heavy atom. The van der Waals surface area contributed by atoms with Gasteiger partial charge in [0.2, 0.25) is 0 Å². The number of hydrogen-bond acceptors (Lipinski definition) is 6. The van der Waals surface area contributed by atoms with Crippen LogP contribution in [0.3, 0.4) is 0 Å². The number of rotatable bonds is 9. The smallest absolute Gasteiger partial charge is 0.263 e. The summed E-state index contributed by atoms with van der Waals surface area (Å²) in [5.41, 5.74) is 0. The second-order valence-electron chi connectivity index (χ2n) is 7.46. The van der Waals surface area contributed by atoms with Crippen LogP contribution in [-0.4, -0.2) is 33.0 Å². The minimum Gasteiger partial charge on any atom is -0.444 e. The van der Waals surface area contributed by atoms with Crippen molar-refractivity contribution < 1.29 is 13.6 Å². The van der Waals surface area contributed by atoms with E-state index in [1.165, 1.54) is 0 Å². The highest BCUT2D eigenvalue weighted by Gasteiger charge is 2.52. The van der Waals surface area contributed by atoms with Crippen molar-refractivity contribution in [1.82, 2.24) is 13.3 Å². The molecule has 0 atom stereocenters. The van der Waals surface area contributed by atoms with E-state index in [0.717, 1.165) is 50.3 Å². The molecule has 1 aliphatic heterocycles. The van der Waals surface area contributed by atoms with E-state index >= 15 is 0 Å². The van der Waals surface area contributed by atoms with Gasteiger partial charge in [-0.1, -0.05) is 68.6 Å². The van der Waals surface area contributed by atoms with Gasteiger partial charge in [0.05, 0.1) is 0 Å². The first-order valence-electron chi connectivity index (χ1n) is 11.5. The lowest BCUT2D eigenvalue weighted by Gasteiger charge is -2.51. The zero-order valence-electron chi connectivity index (χ0n) is 20.1. The predicted molar refractivity (Wildman–Crippen MR) is 162 cm³/mol. The van der Waals surface area contributed by atoms with Gasteiger partial charge in [-0.2, -0.15) is 13.3 Å². The zero-order valence-corrected chi connectivity index (χ0v) is 27.5. The third kappa shape index (κ3) is 7.00. The SMILES string of the molecule is CCN1P(Oc2ccc(Br)cc2)N(CC)P(Oc2ccc(Br)cc2)N(CC)P1Oc1ccc(Br)cc1. The number of hydrogen-bond donors (Lipinski definition) is 0. The molecule has 4 rings (SSSR count). The summed E-state index contributed by atoms with van der Waals surface area (Å²) in [6, 6.07) is 24.0. The minimum atomic E-state index is -1.20. The average molecular weight is 738 g/mol. The van der Waals surface area contributed by atoms with Crippen LogP contribution in [0.15, 0.2) is 86.2 Å². The molecule has 0 spiro atoms. The van der Waals surface area contributed by atoms with Gasteiger partial charge in [0.1, 0.15) is 17.2 Å². The summed E-state index contributed by atoms with van der Waals surface area (Å²) < 4.78 is 30.2. The maximum Gasteiger partial charge on any atom is 0.263 e. The molecule has 0 radical (unpaired) electrons. The average Bonchev–Trinajstić information content (AvgIpc) is 2.88. The molecule has 1 fully saturated rings. The second kappa shape index (κ2) is 13.6. The summed E-state index contributed by atoms with van der Waals surface area (Å²) in [6.45, 7) is 8.80. The highest BCUT2D eigenvalue weighted by molar-refractivity contribution is 9.11. The molecule has 192 valence electrons. The Labute approximate surface area is 242 Å². The normalized spacial score (nSPS) is 21.3. The van der Waals surface area contributed by atoms with Crippen LogP contribution in [0.5, 0.6) is 17.2 Å². The van der Waals surface area contributed by atoms with Gasteiger partial charge in [0, 0.05) is 33.1 Å². The van der Waals surface area contributed by atoms with E-state index in [4.69, 9.17) is 13.6 Å². The molecule has 0 aliphatic carbocycles. The van der Waals surface area contributed by atoms with Crippen LogP contribution in [0.4, 0.5) is 0 Å². The van der Waals surface area contributed by atoms with Crippen molar-refractivity contribution in [2.45, 2.75) is 20.8 Å². The number of halogens is 3. The van der Waals surface area contributed by atoms with Crippen LogP contribution >= 0.6 is 73.1 Å². The van der Waals surface area contributed by atoms with Gasteiger partial charge in [-0.3, -0.25) is 0 Å². The van der Waals surface area contributed by atoms with Gasteiger partial charge in [-0.25, -0.2) is 0 Å². The molecule has 1 heterocycles. The second-order valence-corrected chi connectivity index (χ2v) is 16.1. The quantitative estimate of drug-likeness (QED) is 0.204. The molecule has 3 aromatic carbocycles. The first kappa shape index (κ1) is 28.7. The fourth-order valence-corrected chi connectivity index (χ4v) is 12.3. The predicted octanol–water partition coefficient (Wildman–Crippen LogP) is 10.2. The third-order valence-corrected chi connectivity index (χ3v) is 14.6. The molecule has 0 amide bonds. The largest absolute Gasteiger partial charge is 0.444 e. The molecular weight excluding hydrogens is 711 g/mol. The Morgan fingerprint density at radius 1 is 0.472 bits per heavy atom. The summed E-state index contributed by atoms with van der Waals surface area (Å²) in [5.74, 6) is 2.47. The van der Waals surface area contributed by atoms with E-state index in [-0.39, 0.29) is 0 Å². The fraction of sp³-hybridized carbons (Fsp3) is 0.250. The summed E-state index contributed by atoms with van der Waals surface area (Å²) in [4.78, 5) is 0. The van der Waals surface area contributed by atoms with Crippen molar-refractivity contribution in [2.24, 2.45) is 0 Å². The molecule has 0 bridgehead atoms. The molecule has 1 aliphatic rings. The highest BCUT2D eigenvalue weighted by atomic mass is 79.9. The van der Waals surface area contributed by atoms with Gasteiger partial charge in [-0.05, 0) is 72.8 Å². The van der Waals surface area contributed by atoms with Crippen LogP contribution < -0.4 is 13.6 Å². The van der Waals surface area contributed by atoms with Crippen molar-refractivity contribution in [3.8, 4) is 17.2 Å². The van der Waals surface area contributed by atoms with E-state index in [1.54, 1.807) is 0 Å². The molecule has 0 unspecified atom stereocenters. The first-order chi connectivity index (χ1) is 17.4. The minimum absolute atomic E-state index is 0.777. The Balaban J connectivity index is 1.73. The molecule has 3 aromatic rings. The Kier molecular flexibility index (Phi) is 10.9. The van der Waals surface area contributed by atoms with E-state index in [9.17, 15) is 0 Å². The van der Waals surface area contributed by atoms with E-state index < -0.39 is 25.3 Å². The van der Waals surface area contributed by atoms with Crippen LogP contribution in [-0.2, 0) is 0 Å². The standard InChI is InChI=1S/C24H27Br3N3O3P3/c1-4-28-34(31-22-13-7-19(25)8-14-22)29(5-2)36(33-24-17-11-21(27)12-18-24)30(6-3)35(28)32-23-15-9-20(26)10-16-23/h7-18H,4-6H2,1-3H3. The van der Waals surface area contributed by atoms with Crippen molar-refractivity contribution in [2.75, 3.05) is 19.6 Å². The van der Waals surface area contributed by atoms with E-state index in [1.807, 2.05) is 72.8 Å². The van der Waals surface area contributed by atoms with Gasteiger partial charge in [-0.15, -0.1) is 0 Å². The number of benzene rings is 3. The maximum atomic E-state index is 6.71. The molecule has 0 aromatic heterocycles. The lowest BCUT2D eigenvalue weighted by Crippen LogP contribution is -2.40. The summed E-state index contributed by atoms with van der Waals surface area (Å²) in [7, 11) is -3.61. The summed E-state index contributed by atoms with van der Waals surface area (Å²) in [6.07, 6.45) is 0. The highest BCUT2D eigenvalue weighted by Crippen LogP contribution is 2.76. The van der Waals surface area contributed by atoms with Gasteiger partial charge < -0.3 is 13.6 Å². The lowest BCUT2D eigenvalue weighted by molar-refractivity contribution is 0.391. The van der Waals surface area contributed by atoms with Crippen molar-refractivity contribution >= 4 is 73.1 Å². The topological polar surface area (TPSA) is 37.4 Å². The van der Waals surface area contributed by atoms with Crippen LogP contribution in [0.1, 0.15) is 20.8 Å². The molecule has 1 saturated heterocycles. The molecule has 36 heavy (non-hydrogen) atoms. The third-order valence-electron chi connectivity index (χ3n) is 5.04. The zero-order chi connectivity index (χ0) is 25.7. The number of nitrogens with zero attached hydrogens (tertiary/aromatic N) is 3. The van der Waals surface area contributed by atoms with Crippen molar-refractivity contribution in [1.29, 1.82) is 0 Å². The fourth-order valence-electron chi connectivity index (χ4n) is 3.33. The van der Waals surface area contributed by atoms with Crippen LogP contribution in [0.2, 0.25) is 0 Å². The Hall–Kier alpha value is -0.330.